The van der Waals surface area contributed by atoms with Crippen molar-refractivity contribution in [1.82, 2.24) is 15.5 Å². The number of hydrogen-bond acceptors (Lipinski definition) is 4. The third-order valence-corrected chi connectivity index (χ3v) is 3.96. The summed E-state index contributed by atoms with van der Waals surface area (Å²) in [5.74, 6) is -0.311. The molecule has 3 rings (SSSR count). The number of nitrogens with one attached hydrogen (secondary N) is 2. The van der Waals surface area contributed by atoms with Crippen LogP contribution in [0.1, 0.15) is 40.6 Å². The van der Waals surface area contributed by atoms with Gasteiger partial charge in [-0.25, -0.2) is 5.10 Å². The van der Waals surface area contributed by atoms with Gasteiger partial charge in [-0.15, -0.1) is 0 Å². The lowest BCUT2D eigenvalue weighted by molar-refractivity contribution is -0.00952. The predicted octanol–water partition coefficient (Wildman–Crippen LogP) is 1.73. The van der Waals surface area contributed by atoms with Crippen molar-refractivity contribution < 1.29 is 9.53 Å². The molecule has 0 aliphatic carbocycles. The number of carbonyl (C=O) groups excluding carboxylic acids is 1. The van der Waals surface area contributed by atoms with Crippen LogP contribution >= 0.6 is 0 Å². The zero-order valence-corrected chi connectivity index (χ0v) is 12.9. The van der Waals surface area contributed by atoms with Gasteiger partial charge in [-0.3, -0.25) is 9.59 Å². The number of aryl methyl sites for hydroxylation is 1. The maximum absolute atomic E-state index is 12.3. The highest BCUT2D eigenvalue weighted by Crippen LogP contribution is 2.28. The number of aromatic nitrogens is 2. The number of H-pyrrole nitrogens is 1. The van der Waals surface area contributed by atoms with Crippen LogP contribution in [0, 0.1) is 6.92 Å². The van der Waals surface area contributed by atoms with E-state index in [-0.39, 0.29) is 29.3 Å². The first-order valence-electron chi connectivity index (χ1n) is 7.68. The Balaban J connectivity index is 1.76. The molecule has 0 bridgehead atoms. The maximum atomic E-state index is 12.3. The van der Waals surface area contributed by atoms with E-state index in [2.05, 4.69) is 15.5 Å². The lowest BCUT2D eigenvalue weighted by Crippen LogP contribution is -2.43. The Bertz CT molecular complexity index is 719. The Kier molecular flexibility index (Phi) is 4.52. The van der Waals surface area contributed by atoms with Crippen LogP contribution in [0.4, 0.5) is 0 Å². The monoisotopic (exact) mass is 313 g/mol. The first-order valence-corrected chi connectivity index (χ1v) is 7.68. The minimum absolute atomic E-state index is 0.118. The lowest BCUT2D eigenvalue weighted by Gasteiger charge is -2.32. The molecule has 2 heterocycles. The van der Waals surface area contributed by atoms with E-state index in [1.807, 2.05) is 31.2 Å². The molecule has 0 saturated carbocycles. The number of carbonyl (C=O) groups is 1. The molecule has 6 heteroatoms. The largest absolute Gasteiger partial charge is 0.371 e. The fourth-order valence-corrected chi connectivity index (χ4v) is 2.73. The first-order chi connectivity index (χ1) is 11.1. The van der Waals surface area contributed by atoms with Crippen molar-refractivity contribution in [3.63, 3.8) is 0 Å². The molecule has 6 nitrogen and oxygen atoms in total. The van der Waals surface area contributed by atoms with Gasteiger partial charge in [0.15, 0.2) is 0 Å². The summed E-state index contributed by atoms with van der Waals surface area (Å²) >= 11 is 0. The Labute approximate surface area is 133 Å². The van der Waals surface area contributed by atoms with Gasteiger partial charge in [0.05, 0.1) is 6.04 Å². The van der Waals surface area contributed by atoms with Crippen LogP contribution in [-0.4, -0.2) is 28.8 Å². The van der Waals surface area contributed by atoms with Crippen LogP contribution in [0.15, 0.2) is 41.2 Å². The summed E-state index contributed by atoms with van der Waals surface area (Å²) in [5, 5.41) is 9.00. The van der Waals surface area contributed by atoms with Crippen LogP contribution < -0.4 is 10.9 Å². The van der Waals surface area contributed by atoms with Gasteiger partial charge in [0.25, 0.3) is 11.5 Å². The Morgan fingerprint density at radius 1 is 1.26 bits per heavy atom. The van der Waals surface area contributed by atoms with Crippen molar-refractivity contribution in [2.75, 3.05) is 6.61 Å². The minimum Gasteiger partial charge on any atom is -0.371 e. The van der Waals surface area contributed by atoms with Gasteiger partial charge in [0, 0.05) is 12.7 Å². The summed E-state index contributed by atoms with van der Waals surface area (Å²) in [6, 6.07) is 10.7. The fraction of sp³-hybridized carbons (Fsp3) is 0.353. The lowest BCUT2D eigenvalue weighted by atomic mass is 9.95. The minimum atomic E-state index is -0.333. The van der Waals surface area contributed by atoms with Gasteiger partial charge in [0.2, 0.25) is 0 Å². The Morgan fingerprint density at radius 3 is 2.74 bits per heavy atom. The van der Waals surface area contributed by atoms with Crippen molar-refractivity contribution in [3.05, 3.63) is 63.6 Å². The van der Waals surface area contributed by atoms with Crippen LogP contribution in [0.25, 0.3) is 0 Å². The van der Waals surface area contributed by atoms with E-state index < -0.39 is 0 Å². The standard InChI is InChI=1S/C17H19N3O3/c1-11-4-6-12(7-5-11)16-13(3-2-10-23-16)18-17(22)14-8-9-15(21)20-19-14/h4-9,13,16H,2-3,10H2,1H3,(H,18,22)(H,20,21)/t13-,16+/m0/s1. The van der Waals surface area contributed by atoms with Crippen molar-refractivity contribution in [3.8, 4) is 0 Å². The number of hydrogen-bond donors (Lipinski definition) is 2. The molecule has 1 amide bonds. The number of benzene rings is 1. The Hall–Kier alpha value is -2.47. The predicted molar refractivity (Wildman–Crippen MR) is 85.2 cm³/mol. The van der Waals surface area contributed by atoms with Crippen LogP contribution in [0.2, 0.25) is 0 Å². The molecule has 23 heavy (non-hydrogen) atoms. The maximum Gasteiger partial charge on any atom is 0.272 e. The van der Waals surface area contributed by atoms with Crippen LogP contribution in [0.5, 0.6) is 0 Å². The molecule has 0 unspecified atom stereocenters. The Morgan fingerprint density at radius 2 is 2.04 bits per heavy atom. The highest BCUT2D eigenvalue weighted by molar-refractivity contribution is 5.92. The molecule has 1 aliphatic heterocycles. The smallest absolute Gasteiger partial charge is 0.272 e. The van der Waals surface area contributed by atoms with Gasteiger partial charge < -0.3 is 10.1 Å². The summed E-state index contributed by atoms with van der Waals surface area (Å²) in [6.45, 7) is 2.72. The van der Waals surface area contributed by atoms with Gasteiger partial charge in [-0.05, 0) is 31.4 Å². The number of nitrogens with zero attached hydrogens (tertiary/aromatic N) is 1. The zero-order chi connectivity index (χ0) is 16.2. The summed E-state index contributed by atoms with van der Waals surface area (Å²) < 4.78 is 5.88. The van der Waals surface area contributed by atoms with Crippen molar-refractivity contribution in [2.45, 2.75) is 31.9 Å². The van der Waals surface area contributed by atoms with Crippen LogP contribution in [0.3, 0.4) is 0 Å². The molecule has 1 aromatic heterocycles. The van der Waals surface area contributed by atoms with E-state index in [0.717, 1.165) is 18.4 Å². The molecule has 2 aromatic rings. The first kappa shape index (κ1) is 15.4. The molecule has 1 aromatic carbocycles. The number of amides is 1. The van der Waals surface area contributed by atoms with Gasteiger partial charge in [-0.1, -0.05) is 29.8 Å². The van der Waals surface area contributed by atoms with Gasteiger partial charge in [0.1, 0.15) is 11.8 Å². The summed E-state index contributed by atoms with van der Waals surface area (Å²) in [4.78, 5) is 23.3. The molecule has 2 N–H and O–H groups in total. The van der Waals surface area contributed by atoms with E-state index in [1.54, 1.807) is 0 Å². The highest BCUT2D eigenvalue weighted by atomic mass is 16.5. The second kappa shape index (κ2) is 6.75. The molecule has 1 aliphatic rings. The SMILES string of the molecule is Cc1ccc([C@H]2OCCC[C@@H]2NC(=O)c2ccc(=O)[nH]n2)cc1. The highest BCUT2D eigenvalue weighted by Gasteiger charge is 2.29. The van der Waals surface area contributed by atoms with E-state index >= 15 is 0 Å². The fourth-order valence-electron chi connectivity index (χ4n) is 2.73. The molecule has 120 valence electrons. The summed E-state index contributed by atoms with van der Waals surface area (Å²) in [7, 11) is 0. The van der Waals surface area contributed by atoms with Crippen molar-refractivity contribution in [1.29, 1.82) is 0 Å². The van der Waals surface area contributed by atoms with Crippen molar-refractivity contribution >= 4 is 5.91 Å². The van der Waals surface area contributed by atoms with Crippen molar-refractivity contribution in [2.24, 2.45) is 0 Å². The third kappa shape index (κ3) is 3.65. The van der Waals surface area contributed by atoms with E-state index in [9.17, 15) is 9.59 Å². The van der Waals surface area contributed by atoms with Gasteiger partial charge in [-0.2, -0.15) is 5.10 Å². The molecular formula is C17H19N3O3. The average Bonchev–Trinajstić information content (AvgIpc) is 2.57. The zero-order valence-electron chi connectivity index (χ0n) is 12.9. The number of rotatable bonds is 3. The van der Waals surface area contributed by atoms with Gasteiger partial charge >= 0.3 is 0 Å². The topological polar surface area (TPSA) is 84.1 Å². The average molecular weight is 313 g/mol. The molecule has 1 fully saturated rings. The normalized spacial score (nSPS) is 20.9. The number of ether oxygens (including phenoxy) is 1. The second-order valence-corrected chi connectivity index (χ2v) is 5.73. The summed E-state index contributed by atoms with van der Waals surface area (Å²) in [6.07, 6.45) is 1.57. The molecule has 0 spiro atoms. The molecular weight excluding hydrogens is 294 g/mol. The molecule has 0 radical (unpaired) electrons. The van der Waals surface area contributed by atoms with Crippen LogP contribution in [-0.2, 0) is 4.74 Å². The number of aromatic amines is 1. The van der Waals surface area contributed by atoms with E-state index in [0.29, 0.717) is 6.61 Å². The third-order valence-electron chi connectivity index (χ3n) is 3.96. The van der Waals surface area contributed by atoms with E-state index in [1.165, 1.54) is 17.7 Å². The molecule has 1 saturated heterocycles. The summed E-state index contributed by atoms with van der Waals surface area (Å²) in [5.41, 5.74) is 2.09. The van der Waals surface area contributed by atoms with E-state index in [4.69, 9.17) is 4.74 Å². The quantitative estimate of drug-likeness (QED) is 0.904. The molecule has 2 atom stereocenters. The second-order valence-electron chi connectivity index (χ2n) is 5.73.